The van der Waals surface area contributed by atoms with Gasteiger partial charge in [-0.2, -0.15) is 0 Å². The van der Waals surface area contributed by atoms with E-state index in [1.54, 1.807) is 0 Å². The number of hydrogen-bond acceptors (Lipinski definition) is 4. The Labute approximate surface area is 174 Å². The molecule has 0 saturated heterocycles. The van der Waals surface area contributed by atoms with Gasteiger partial charge in [0, 0.05) is 12.2 Å². The summed E-state index contributed by atoms with van der Waals surface area (Å²) in [5.74, 6) is 1.54. The molecule has 0 atom stereocenters. The summed E-state index contributed by atoms with van der Waals surface area (Å²) in [5, 5.41) is 3.38. The first-order chi connectivity index (χ1) is 13.7. The second kappa shape index (κ2) is 13.1. The smallest absolute Gasteiger partial charge is 0.266 e. The molecule has 0 spiro atoms. The quantitative estimate of drug-likeness (QED) is 0.459. The lowest BCUT2D eigenvalue weighted by molar-refractivity contribution is 0.204. The monoisotopic (exact) mass is 400 g/mol. The third-order valence-corrected chi connectivity index (χ3v) is 4.57. The van der Waals surface area contributed by atoms with Crippen LogP contribution in [0.3, 0.4) is 0 Å². The molecule has 5 heteroatoms. The third kappa shape index (κ3) is 8.72. The zero-order valence-electron chi connectivity index (χ0n) is 17.0. The number of ether oxygens (including phenoxy) is 2. The molecular weight excluding hydrogens is 368 g/mol. The molecule has 0 aliphatic rings. The SMILES string of the molecule is CCCCN(CCCC)CCOc1ccc(OC(=S)Nc2ccccc2)cc1. The predicted octanol–water partition coefficient (Wildman–Crippen LogP) is 5.74. The van der Waals surface area contributed by atoms with Crippen molar-refractivity contribution < 1.29 is 9.47 Å². The average molecular weight is 401 g/mol. The Kier molecular flexibility index (Phi) is 10.4. The minimum atomic E-state index is 0.322. The summed E-state index contributed by atoms with van der Waals surface area (Å²) in [7, 11) is 0. The van der Waals surface area contributed by atoms with Crippen LogP contribution in [-0.4, -0.2) is 36.3 Å². The normalized spacial score (nSPS) is 10.7. The van der Waals surface area contributed by atoms with E-state index in [9.17, 15) is 0 Å². The molecule has 0 aromatic heterocycles. The molecule has 0 radical (unpaired) electrons. The van der Waals surface area contributed by atoms with Crippen LogP contribution in [0, 0.1) is 0 Å². The van der Waals surface area contributed by atoms with Crippen molar-refractivity contribution in [2.24, 2.45) is 0 Å². The molecular formula is C23H32N2O2S. The van der Waals surface area contributed by atoms with Gasteiger partial charge in [0.15, 0.2) is 0 Å². The zero-order chi connectivity index (χ0) is 20.0. The van der Waals surface area contributed by atoms with Gasteiger partial charge < -0.3 is 14.8 Å². The maximum Gasteiger partial charge on any atom is 0.266 e. The summed E-state index contributed by atoms with van der Waals surface area (Å²) in [5.41, 5.74) is 0.906. The first kappa shape index (κ1) is 22.2. The van der Waals surface area contributed by atoms with E-state index in [0.29, 0.717) is 17.5 Å². The van der Waals surface area contributed by atoms with Crippen molar-refractivity contribution in [2.75, 3.05) is 31.6 Å². The Morgan fingerprint density at radius 1 is 0.857 bits per heavy atom. The molecule has 0 saturated carbocycles. The first-order valence-corrected chi connectivity index (χ1v) is 10.6. The number of unbranched alkanes of at least 4 members (excludes halogenated alkanes) is 2. The van der Waals surface area contributed by atoms with Crippen LogP contribution in [0.2, 0.25) is 0 Å². The molecule has 0 heterocycles. The summed E-state index contributed by atoms with van der Waals surface area (Å²) >= 11 is 5.25. The van der Waals surface area contributed by atoms with Crippen molar-refractivity contribution in [1.82, 2.24) is 4.90 Å². The number of nitrogens with zero attached hydrogens (tertiary/aromatic N) is 1. The van der Waals surface area contributed by atoms with Crippen molar-refractivity contribution in [2.45, 2.75) is 39.5 Å². The van der Waals surface area contributed by atoms with Crippen molar-refractivity contribution in [3.8, 4) is 11.5 Å². The molecule has 152 valence electrons. The van der Waals surface area contributed by atoms with Crippen LogP contribution in [0.5, 0.6) is 11.5 Å². The number of hydrogen-bond donors (Lipinski definition) is 1. The van der Waals surface area contributed by atoms with E-state index in [4.69, 9.17) is 21.7 Å². The molecule has 28 heavy (non-hydrogen) atoms. The van der Waals surface area contributed by atoms with Crippen molar-refractivity contribution >= 4 is 23.1 Å². The molecule has 2 rings (SSSR count). The van der Waals surface area contributed by atoms with E-state index in [2.05, 4.69) is 24.1 Å². The lowest BCUT2D eigenvalue weighted by atomic mass is 10.2. The second-order valence-corrected chi connectivity index (χ2v) is 7.12. The number of rotatable bonds is 12. The van der Waals surface area contributed by atoms with Gasteiger partial charge in [-0.1, -0.05) is 44.9 Å². The van der Waals surface area contributed by atoms with Gasteiger partial charge in [0.2, 0.25) is 0 Å². The molecule has 0 amide bonds. The highest BCUT2D eigenvalue weighted by molar-refractivity contribution is 7.80. The van der Waals surface area contributed by atoms with E-state index >= 15 is 0 Å². The van der Waals surface area contributed by atoms with Gasteiger partial charge >= 0.3 is 0 Å². The number of para-hydroxylation sites is 1. The van der Waals surface area contributed by atoms with Gasteiger partial charge in [0.1, 0.15) is 18.1 Å². The fourth-order valence-electron chi connectivity index (χ4n) is 2.77. The largest absolute Gasteiger partial charge is 0.492 e. The van der Waals surface area contributed by atoms with Crippen LogP contribution < -0.4 is 14.8 Å². The van der Waals surface area contributed by atoms with E-state index in [1.807, 2.05) is 54.6 Å². The maximum atomic E-state index is 5.91. The summed E-state index contributed by atoms with van der Waals surface area (Å²) in [6.07, 6.45) is 4.94. The standard InChI is InChI=1S/C23H32N2O2S/c1-3-5-16-25(17-6-4-2)18-19-26-21-12-14-22(15-13-21)27-23(28)24-20-10-8-7-9-11-20/h7-15H,3-6,16-19H2,1-2H3,(H,24,28). The Hall–Kier alpha value is -2.11. The number of benzene rings is 2. The molecule has 0 aliphatic heterocycles. The van der Waals surface area contributed by atoms with E-state index in [-0.39, 0.29) is 0 Å². The summed E-state index contributed by atoms with van der Waals surface area (Å²) < 4.78 is 11.6. The predicted molar refractivity (Wildman–Crippen MR) is 121 cm³/mol. The molecule has 0 aliphatic carbocycles. The Morgan fingerprint density at radius 2 is 1.46 bits per heavy atom. The lowest BCUT2D eigenvalue weighted by Crippen LogP contribution is -2.30. The van der Waals surface area contributed by atoms with Gasteiger partial charge in [-0.15, -0.1) is 0 Å². The average Bonchev–Trinajstić information content (AvgIpc) is 2.71. The van der Waals surface area contributed by atoms with Crippen LogP contribution in [0.25, 0.3) is 0 Å². The first-order valence-electron chi connectivity index (χ1n) is 10.2. The second-order valence-electron chi connectivity index (χ2n) is 6.75. The zero-order valence-corrected chi connectivity index (χ0v) is 17.8. The minimum Gasteiger partial charge on any atom is -0.492 e. The fraction of sp³-hybridized carbons (Fsp3) is 0.435. The van der Waals surface area contributed by atoms with E-state index in [1.165, 1.54) is 25.7 Å². The molecule has 4 nitrogen and oxygen atoms in total. The highest BCUT2D eigenvalue weighted by Crippen LogP contribution is 2.18. The molecule has 0 bridgehead atoms. The summed E-state index contributed by atoms with van der Waals surface area (Å²) in [4.78, 5) is 2.50. The Balaban J connectivity index is 1.74. The van der Waals surface area contributed by atoms with Crippen LogP contribution in [0.4, 0.5) is 5.69 Å². The number of thiocarbonyl (C=S) groups is 1. The third-order valence-electron chi connectivity index (χ3n) is 4.39. The van der Waals surface area contributed by atoms with Gasteiger partial charge in [-0.3, -0.25) is 4.90 Å². The fourth-order valence-corrected chi connectivity index (χ4v) is 2.98. The molecule has 2 aromatic carbocycles. The van der Waals surface area contributed by atoms with Crippen molar-refractivity contribution in [3.63, 3.8) is 0 Å². The highest BCUT2D eigenvalue weighted by atomic mass is 32.1. The maximum absolute atomic E-state index is 5.91. The van der Waals surface area contributed by atoms with E-state index < -0.39 is 0 Å². The number of nitrogens with one attached hydrogen (secondary N) is 1. The van der Waals surface area contributed by atoms with Crippen LogP contribution in [0.15, 0.2) is 54.6 Å². The van der Waals surface area contributed by atoms with Gasteiger partial charge in [-0.05, 0) is 74.5 Å². The van der Waals surface area contributed by atoms with Crippen LogP contribution in [-0.2, 0) is 0 Å². The molecule has 2 aromatic rings. The Bertz CT molecular complexity index is 669. The minimum absolute atomic E-state index is 0.322. The molecule has 1 N–H and O–H groups in total. The van der Waals surface area contributed by atoms with Crippen LogP contribution >= 0.6 is 12.2 Å². The Morgan fingerprint density at radius 3 is 2.07 bits per heavy atom. The van der Waals surface area contributed by atoms with Gasteiger partial charge in [0.25, 0.3) is 5.17 Å². The van der Waals surface area contributed by atoms with Gasteiger partial charge in [-0.25, -0.2) is 0 Å². The number of anilines is 1. The molecule has 0 fully saturated rings. The highest BCUT2D eigenvalue weighted by Gasteiger charge is 2.05. The lowest BCUT2D eigenvalue weighted by Gasteiger charge is -2.22. The van der Waals surface area contributed by atoms with Crippen molar-refractivity contribution in [3.05, 3.63) is 54.6 Å². The topological polar surface area (TPSA) is 33.7 Å². The van der Waals surface area contributed by atoms with E-state index in [0.717, 1.165) is 31.1 Å². The molecule has 0 unspecified atom stereocenters. The van der Waals surface area contributed by atoms with Crippen LogP contribution in [0.1, 0.15) is 39.5 Å². The summed E-state index contributed by atoms with van der Waals surface area (Å²) in [6, 6.07) is 17.3. The van der Waals surface area contributed by atoms with Crippen molar-refractivity contribution in [1.29, 1.82) is 0 Å². The van der Waals surface area contributed by atoms with Gasteiger partial charge in [0.05, 0.1) is 0 Å². The summed E-state index contributed by atoms with van der Waals surface area (Å²) in [6.45, 7) is 8.43.